The molecule has 1 aliphatic heterocycles. The van der Waals surface area contributed by atoms with Crippen molar-refractivity contribution in [2.24, 2.45) is 0 Å². The third-order valence-corrected chi connectivity index (χ3v) is 4.71. The van der Waals surface area contributed by atoms with E-state index in [-0.39, 0.29) is 5.56 Å². The SMILES string of the molecule is Cc1cc2ncc3c(=O)n(Cc4ccc5c(c4)OCCCO5)ccc3n2n1. The first-order valence-corrected chi connectivity index (χ1v) is 8.92. The van der Waals surface area contributed by atoms with Crippen LogP contribution in [0.5, 0.6) is 11.5 Å². The first-order chi connectivity index (χ1) is 13.2. The molecule has 0 saturated heterocycles. The third kappa shape index (κ3) is 2.71. The Bertz CT molecular complexity index is 1230. The standard InChI is InChI=1S/C20H18N4O3/c1-13-9-19-21-11-15-16(24(19)22-13)5-6-23(20(15)25)12-14-3-4-17-18(10-14)27-8-2-7-26-17/h3-6,9-11H,2,7-8,12H2,1H3. The number of ether oxygens (including phenoxy) is 2. The van der Waals surface area contributed by atoms with Crippen LogP contribution in [0.1, 0.15) is 17.7 Å². The van der Waals surface area contributed by atoms with E-state index >= 15 is 0 Å². The molecule has 4 heterocycles. The number of hydrogen-bond acceptors (Lipinski definition) is 5. The molecule has 0 radical (unpaired) electrons. The summed E-state index contributed by atoms with van der Waals surface area (Å²) in [6, 6.07) is 9.60. The van der Waals surface area contributed by atoms with Crippen LogP contribution in [0.4, 0.5) is 0 Å². The summed E-state index contributed by atoms with van der Waals surface area (Å²) in [5, 5.41) is 4.97. The maximum absolute atomic E-state index is 13.0. The van der Waals surface area contributed by atoms with Crippen LogP contribution in [0.25, 0.3) is 16.6 Å². The molecule has 4 aromatic rings. The largest absolute Gasteiger partial charge is 0.490 e. The maximum atomic E-state index is 13.0. The van der Waals surface area contributed by atoms with E-state index in [0.29, 0.717) is 25.1 Å². The van der Waals surface area contributed by atoms with Gasteiger partial charge in [-0.25, -0.2) is 9.50 Å². The Morgan fingerprint density at radius 1 is 1.11 bits per heavy atom. The molecule has 1 aliphatic rings. The average Bonchev–Trinajstić information content (AvgIpc) is 2.90. The molecule has 7 nitrogen and oxygen atoms in total. The van der Waals surface area contributed by atoms with Gasteiger partial charge in [-0.3, -0.25) is 4.79 Å². The molecule has 0 amide bonds. The number of nitrogens with zero attached hydrogens (tertiary/aromatic N) is 4. The first-order valence-electron chi connectivity index (χ1n) is 8.92. The highest BCUT2D eigenvalue weighted by Gasteiger charge is 2.13. The van der Waals surface area contributed by atoms with Gasteiger partial charge in [0.25, 0.3) is 5.56 Å². The fourth-order valence-electron chi connectivity index (χ4n) is 3.40. The molecule has 0 spiro atoms. The van der Waals surface area contributed by atoms with Gasteiger partial charge in [-0.2, -0.15) is 5.10 Å². The van der Waals surface area contributed by atoms with Crippen molar-refractivity contribution in [3.05, 3.63) is 64.3 Å². The van der Waals surface area contributed by atoms with E-state index in [1.54, 1.807) is 21.5 Å². The first kappa shape index (κ1) is 15.9. The van der Waals surface area contributed by atoms with Gasteiger partial charge in [0.05, 0.1) is 36.4 Å². The Morgan fingerprint density at radius 2 is 1.96 bits per heavy atom. The van der Waals surface area contributed by atoms with Crippen molar-refractivity contribution < 1.29 is 9.47 Å². The lowest BCUT2D eigenvalue weighted by molar-refractivity contribution is 0.297. The molecular formula is C20H18N4O3. The van der Waals surface area contributed by atoms with Crippen molar-refractivity contribution in [2.45, 2.75) is 19.9 Å². The van der Waals surface area contributed by atoms with E-state index in [0.717, 1.165) is 40.3 Å². The lowest BCUT2D eigenvalue weighted by Gasteiger charge is -2.11. The van der Waals surface area contributed by atoms with Crippen LogP contribution in [-0.2, 0) is 6.54 Å². The van der Waals surface area contributed by atoms with Gasteiger partial charge < -0.3 is 14.0 Å². The summed E-state index contributed by atoms with van der Waals surface area (Å²) in [5.74, 6) is 1.48. The second-order valence-electron chi connectivity index (χ2n) is 6.69. The number of aryl methyl sites for hydroxylation is 1. The Kier molecular flexibility index (Phi) is 3.60. The molecule has 136 valence electrons. The Hall–Kier alpha value is -3.35. The summed E-state index contributed by atoms with van der Waals surface area (Å²) in [4.78, 5) is 17.3. The van der Waals surface area contributed by atoms with Crippen molar-refractivity contribution in [1.29, 1.82) is 0 Å². The summed E-state index contributed by atoms with van der Waals surface area (Å²) in [6.07, 6.45) is 4.28. The number of aromatic nitrogens is 4. The summed E-state index contributed by atoms with van der Waals surface area (Å²) < 4.78 is 14.8. The smallest absolute Gasteiger partial charge is 0.261 e. The van der Waals surface area contributed by atoms with Crippen molar-refractivity contribution >= 4 is 16.6 Å². The molecule has 0 unspecified atom stereocenters. The minimum Gasteiger partial charge on any atom is -0.490 e. The molecule has 5 rings (SSSR count). The fraction of sp³-hybridized carbons (Fsp3) is 0.250. The molecule has 0 aliphatic carbocycles. The van der Waals surface area contributed by atoms with E-state index in [1.807, 2.05) is 37.3 Å². The van der Waals surface area contributed by atoms with Crippen LogP contribution in [-0.4, -0.2) is 32.4 Å². The predicted octanol–water partition coefficient (Wildman–Crippen LogP) is 2.56. The number of benzene rings is 1. The molecule has 1 aromatic carbocycles. The van der Waals surface area contributed by atoms with Gasteiger partial charge in [0, 0.05) is 24.9 Å². The third-order valence-electron chi connectivity index (χ3n) is 4.71. The number of fused-ring (bicyclic) bond motifs is 4. The second kappa shape index (κ2) is 6.12. The molecule has 0 bridgehead atoms. The quantitative estimate of drug-likeness (QED) is 0.548. The van der Waals surface area contributed by atoms with E-state index in [1.165, 1.54) is 0 Å². The number of rotatable bonds is 2. The molecule has 0 fully saturated rings. The lowest BCUT2D eigenvalue weighted by Crippen LogP contribution is -2.21. The van der Waals surface area contributed by atoms with Gasteiger partial charge in [0.15, 0.2) is 17.1 Å². The number of hydrogen-bond donors (Lipinski definition) is 0. The second-order valence-corrected chi connectivity index (χ2v) is 6.69. The maximum Gasteiger partial charge on any atom is 0.261 e. The van der Waals surface area contributed by atoms with Crippen LogP contribution in [0.15, 0.2) is 47.5 Å². The molecule has 0 atom stereocenters. The van der Waals surface area contributed by atoms with E-state index in [2.05, 4.69) is 10.1 Å². The Balaban J connectivity index is 1.56. The normalized spacial score (nSPS) is 13.8. The summed E-state index contributed by atoms with van der Waals surface area (Å²) >= 11 is 0. The highest BCUT2D eigenvalue weighted by atomic mass is 16.5. The predicted molar refractivity (Wildman–Crippen MR) is 101 cm³/mol. The zero-order valence-electron chi connectivity index (χ0n) is 14.9. The molecule has 27 heavy (non-hydrogen) atoms. The summed E-state index contributed by atoms with van der Waals surface area (Å²) in [6.45, 7) is 3.65. The van der Waals surface area contributed by atoms with E-state index < -0.39 is 0 Å². The van der Waals surface area contributed by atoms with Crippen molar-refractivity contribution in [2.75, 3.05) is 13.2 Å². The number of pyridine rings is 1. The highest BCUT2D eigenvalue weighted by Crippen LogP contribution is 2.30. The van der Waals surface area contributed by atoms with Crippen LogP contribution in [0.3, 0.4) is 0 Å². The average molecular weight is 362 g/mol. The lowest BCUT2D eigenvalue weighted by atomic mass is 10.2. The van der Waals surface area contributed by atoms with Gasteiger partial charge in [0.2, 0.25) is 0 Å². The van der Waals surface area contributed by atoms with Gasteiger partial charge in [0.1, 0.15) is 0 Å². The minimum atomic E-state index is -0.0952. The molecule has 3 aromatic heterocycles. The van der Waals surface area contributed by atoms with Crippen molar-refractivity contribution in [3.63, 3.8) is 0 Å². The minimum absolute atomic E-state index is 0.0952. The summed E-state index contributed by atoms with van der Waals surface area (Å²) in [5.41, 5.74) is 3.24. The topological polar surface area (TPSA) is 70.7 Å². The Labute approximate surface area is 154 Å². The van der Waals surface area contributed by atoms with Gasteiger partial charge in [-0.15, -0.1) is 0 Å². The van der Waals surface area contributed by atoms with Gasteiger partial charge in [-0.05, 0) is 30.7 Å². The van der Waals surface area contributed by atoms with Crippen LogP contribution < -0.4 is 15.0 Å². The van der Waals surface area contributed by atoms with Crippen molar-refractivity contribution in [1.82, 2.24) is 19.2 Å². The van der Waals surface area contributed by atoms with Crippen LogP contribution in [0.2, 0.25) is 0 Å². The Morgan fingerprint density at radius 3 is 2.85 bits per heavy atom. The molecule has 0 N–H and O–H groups in total. The van der Waals surface area contributed by atoms with Gasteiger partial charge in [-0.1, -0.05) is 6.07 Å². The van der Waals surface area contributed by atoms with Crippen molar-refractivity contribution in [3.8, 4) is 11.5 Å². The van der Waals surface area contributed by atoms with E-state index in [4.69, 9.17) is 9.47 Å². The fourth-order valence-corrected chi connectivity index (χ4v) is 3.40. The summed E-state index contributed by atoms with van der Waals surface area (Å²) in [7, 11) is 0. The zero-order chi connectivity index (χ0) is 18.4. The van der Waals surface area contributed by atoms with E-state index in [9.17, 15) is 4.79 Å². The monoisotopic (exact) mass is 362 g/mol. The van der Waals surface area contributed by atoms with Crippen LogP contribution >= 0.6 is 0 Å². The zero-order valence-corrected chi connectivity index (χ0v) is 14.9. The van der Waals surface area contributed by atoms with Crippen LogP contribution in [0, 0.1) is 6.92 Å². The molecular weight excluding hydrogens is 344 g/mol. The molecule has 7 heteroatoms. The molecule has 0 saturated carbocycles. The highest BCUT2D eigenvalue weighted by molar-refractivity contribution is 5.79. The van der Waals surface area contributed by atoms with Gasteiger partial charge >= 0.3 is 0 Å².